The molecular formula is C16H31NO. The van der Waals surface area contributed by atoms with Crippen LogP contribution in [0.5, 0.6) is 0 Å². The summed E-state index contributed by atoms with van der Waals surface area (Å²) in [5.41, 5.74) is 0.314. The minimum absolute atomic E-state index is 0.314. The molecule has 2 fully saturated rings. The summed E-state index contributed by atoms with van der Waals surface area (Å²) in [7, 11) is 0. The maximum absolute atomic E-state index is 6.42. The maximum Gasteiger partial charge on any atom is 0.0687 e. The molecule has 106 valence electrons. The molecule has 2 atom stereocenters. The molecule has 2 nitrogen and oxygen atoms in total. The summed E-state index contributed by atoms with van der Waals surface area (Å²) in [6, 6.07) is 0.602. The summed E-state index contributed by atoms with van der Waals surface area (Å²) in [5, 5.41) is 3.58. The predicted molar refractivity (Wildman–Crippen MR) is 76.8 cm³/mol. The Morgan fingerprint density at radius 2 is 1.94 bits per heavy atom. The van der Waals surface area contributed by atoms with E-state index < -0.39 is 0 Å². The lowest BCUT2D eigenvalue weighted by atomic mass is 9.95. The molecule has 1 saturated carbocycles. The fraction of sp³-hybridized carbons (Fsp3) is 1.00. The highest BCUT2D eigenvalue weighted by atomic mass is 16.5. The molecule has 1 aliphatic heterocycles. The molecule has 1 spiro atoms. The molecule has 0 aromatic rings. The average molecular weight is 253 g/mol. The first kappa shape index (κ1) is 14.3. The molecule has 0 aromatic heterocycles. The van der Waals surface area contributed by atoms with Gasteiger partial charge in [0.1, 0.15) is 0 Å². The molecule has 2 heteroatoms. The minimum Gasteiger partial charge on any atom is -0.372 e. The quantitative estimate of drug-likeness (QED) is 0.775. The van der Waals surface area contributed by atoms with E-state index in [2.05, 4.69) is 26.1 Å². The maximum atomic E-state index is 6.42. The van der Waals surface area contributed by atoms with Crippen molar-refractivity contribution in [1.29, 1.82) is 0 Å². The third-order valence-electron chi connectivity index (χ3n) is 4.84. The van der Waals surface area contributed by atoms with Gasteiger partial charge in [-0.3, -0.25) is 0 Å². The largest absolute Gasteiger partial charge is 0.372 e. The Kier molecular flexibility index (Phi) is 5.08. The van der Waals surface area contributed by atoms with Crippen LogP contribution in [0.4, 0.5) is 0 Å². The van der Waals surface area contributed by atoms with Gasteiger partial charge in [-0.1, -0.05) is 40.0 Å². The van der Waals surface area contributed by atoms with Crippen molar-refractivity contribution in [2.24, 2.45) is 5.92 Å². The smallest absolute Gasteiger partial charge is 0.0687 e. The molecule has 1 heterocycles. The Balaban J connectivity index is 1.75. The van der Waals surface area contributed by atoms with E-state index in [0.717, 1.165) is 12.5 Å². The standard InChI is InChI=1S/C16H31NO/c1-4-14(12-17-13(2)3)11-15-7-10-16(18-15)8-5-6-9-16/h13-15,17H,4-12H2,1-3H3. The van der Waals surface area contributed by atoms with Crippen LogP contribution in [0.25, 0.3) is 0 Å². The topological polar surface area (TPSA) is 21.3 Å². The number of nitrogens with one attached hydrogen (secondary N) is 1. The Hall–Kier alpha value is -0.0800. The molecule has 0 amide bonds. The van der Waals surface area contributed by atoms with Gasteiger partial charge in [0.05, 0.1) is 11.7 Å². The van der Waals surface area contributed by atoms with E-state index in [1.54, 1.807) is 0 Å². The molecule has 0 bridgehead atoms. The normalized spacial score (nSPS) is 28.3. The average Bonchev–Trinajstić information content (AvgIpc) is 2.95. The second-order valence-corrected chi connectivity index (χ2v) is 6.74. The van der Waals surface area contributed by atoms with Crippen LogP contribution in [0.2, 0.25) is 0 Å². The van der Waals surface area contributed by atoms with E-state index in [1.807, 2.05) is 0 Å². The zero-order chi connectivity index (χ0) is 13.0. The van der Waals surface area contributed by atoms with Gasteiger partial charge in [0.15, 0.2) is 0 Å². The molecule has 1 saturated heterocycles. The SMILES string of the molecule is CCC(CNC(C)C)CC1CCC2(CCCC2)O1. The summed E-state index contributed by atoms with van der Waals surface area (Å²) < 4.78 is 6.42. The Labute approximate surface area is 113 Å². The van der Waals surface area contributed by atoms with Crippen molar-refractivity contribution in [2.75, 3.05) is 6.54 Å². The van der Waals surface area contributed by atoms with Crippen molar-refractivity contribution in [1.82, 2.24) is 5.32 Å². The van der Waals surface area contributed by atoms with Crippen LogP contribution in [-0.4, -0.2) is 24.3 Å². The molecule has 1 N–H and O–H groups in total. The Morgan fingerprint density at radius 1 is 1.22 bits per heavy atom. The predicted octanol–water partition coefficient (Wildman–Crippen LogP) is 3.89. The number of hydrogen-bond acceptors (Lipinski definition) is 2. The minimum atomic E-state index is 0.314. The summed E-state index contributed by atoms with van der Waals surface area (Å²) in [4.78, 5) is 0. The number of ether oxygens (including phenoxy) is 1. The van der Waals surface area contributed by atoms with Crippen molar-refractivity contribution >= 4 is 0 Å². The van der Waals surface area contributed by atoms with Crippen molar-refractivity contribution in [2.45, 2.75) is 89.9 Å². The number of rotatable bonds is 6. The summed E-state index contributed by atoms with van der Waals surface area (Å²) in [6.45, 7) is 7.92. The van der Waals surface area contributed by atoms with E-state index in [0.29, 0.717) is 17.7 Å². The van der Waals surface area contributed by atoms with Crippen molar-refractivity contribution in [3.05, 3.63) is 0 Å². The van der Waals surface area contributed by atoms with Gasteiger partial charge in [-0.25, -0.2) is 0 Å². The molecule has 2 rings (SSSR count). The third-order valence-corrected chi connectivity index (χ3v) is 4.84. The van der Waals surface area contributed by atoms with Crippen LogP contribution < -0.4 is 5.32 Å². The van der Waals surface area contributed by atoms with Gasteiger partial charge >= 0.3 is 0 Å². The van der Waals surface area contributed by atoms with E-state index in [9.17, 15) is 0 Å². The molecule has 18 heavy (non-hydrogen) atoms. The Morgan fingerprint density at radius 3 is 2.56 bits per heavy atom. The second kappa shape index (κ2) is 6.38. The van der Waals surface area contributed by atoms with Crippen molar-refractivity contribution in [3.8, 4) is 0 Å². The molecule has 1 aliphatic carbocycles. The van der Waals surface area contributed by atoms with Crippen molar-refractivity contribution in [3.63, 3.8) is 0 Å². The molecular weight excluding hydrogens is 222 g/mol. The van der Waals surface area contributed by atoms with Crippen LogP contribution >= 0.6 is 0 Å². The van der Waals surface area contributed by atoms with Crippen LogP contribution in [0.1, 0.15) is 72.1 Å². The lowest BCUT2D eigenvalue weighted by Gasteiger charge is -2.26. The van der Waals surface area contributed by atoms with Crippen LogP contribution in [0.3, 0.4) is 0 Å². The second-order valence-electron chi connectivity index (χ2n) is 6.74. The fourth-order valence-corrected chi connectivity index (χ4v) is 3.62. The molecule has 2 unspecified atom stereocenters. The zero-order valence-electron chi connectivity index (χ0n) is 12.5. The number of hydrogen-bond donors (Lipinski definition) is 1. The highest BCUT2D eigenvalue weighted by Crippen LogP contribution is 2.44. The van der Waals surface area contributed by atoms with Gasteiger partial charge in [0.2, 0.25) is 0 Å². The lowest BCUT2D eigenvalue weighted by Crippen LogP contribution is -2.31. The van der Waals surface area contributed by atoms with Gasteiger partial charge < -0.3 is 10.1 Å². The first-order valence-electron chi connectivity index (χ1n) is 8.05. The third kappa shape index (κ3) is 3.71. The first-order valence-corrected chi connectivity index (χ1v) is 8.05. The van der Waals surface area contributed by atoms with Gasteiger partial charge in [0.25, 0.3) is 0 Å². The first-order chi connectivity index (χ1) is 8.63. The monoisotopic (exact) mass is 253 g/mol. The van der Waals surface area contributed by atoms with Crippen LogP contribution in [0, 0.1) is 5.92 Å². The van der Waals surface area contributed by atoms with Crippen LogP contribution in [-0.2, 0) is 4.74 Å². The van der Waals surface area contributed by atoms with E-state index in [4.69, 9.17) is 4.74 Å². The molecule has 0 radical (unpaired) electrons. The molecule has 2 aliphatic rings. The highest BCUT2D eigenvalue weighted by Gasteiger charge is 2.42. The van der Waals surface area contributed by atoms with Gasteiger partial charge in [-0.2, -0.15) is 0 Å². The van der Waals surface area contributed by atoms with Gasteiger partial charge in [-0.05, 0) is 44.6 Å². The zero-order valence-corrected chi connectivity index (χ0v) is 12.5. The Bertz CT molecular complexity index is 245. The van der Waals surface area contributed by atoms with Gasteiger partial charge in [0, 0.05) is 6.04 Å². The van der Waals surface area contributed by atoms with Crippen molar-refractivity contribution < 1.29 is 4.74 Å². The lowest BCUT2D eigenvalue weighted by molar-refractivity contribution is -0.0443. The summed E-state index contributed by atoms with van der Waals surface area (Å²) in [5.74, 6) is 0.786. The molecule has 0 aromatic carbocycles. The highest BCUT2D eigenvalue weighted by molar-refractivity contribution is 4.93. The van der Waals surface area contributed by atoms with E-state index in [-0.39, 0.29) is 0 Å². The van der Waals surface area contributed by atoms with E-state index in [1.165, 1.54) is 51.4 Å². The summed E-state index contributed by atoms with van der Waals surface area (Å²) >= 11 is 0. The van der Waals surface area contributed by atoms with Gasteiger partial charge in [-0.15, -0.1) is 0 Å². The fourth-order valence-electron chi connectivity index (χ4n) is 3.62. The van der Waals surface area contributed by atoms with E-state index >= 15 is 0 Å². The summed E-state index contributed by atoms with van der Waals surface area (Å²) in [6.07, 6.45) is 11.1. The van der Waals surface area contributed by atoms with Crippen LogP contribution in [0.15, 0.2) is 0 Å².